The Morgan fingerprint density at radius 2 is 2.19 bits per heavy atom. The lowest BCUT2D eigenvalue weighted by atomic mass is 10.2. The largest absolute Gasteiger partial charge is 0.477 e. The van der Waals surface area contributed by atoms with Crippen LogP contribution in [0, 0.1) is 5.92 Å². The smallest absolute Gasteiger partial charge is 0.213 e. The molecule has 2 saturated carbocycles. The van der Waals surface area contributed by atoms with E-state index < -0.39 is 0 Å². The van der Waals surface area contributed by atoms with Crippen LogP contribution in [0.25, 0.3) is 0 Å². The highest BCUT2D eigenvalue weighted by Gasteiger charge is 2.24. The van der Waals surface area contributed by atoms with Crippen molar-refractivity contribution in [3.63, 3.8) is 0 Å². The van der Waals surface area contributed by atoms with Crippen LogP contribution < -0.4 is 15.4 Å². The number of aromatic nitrogens is 1. The van der Waals surface area contributed by atoms with E-state index in [9.17, 15) is 0 Å². The van der Waals surface area contributed by atoms with Gasteiger partial charge in [0.1, 0.15) is 0 Å². The molecule has 2 atom stereocenters. The predicted octanol–water partition coefficient (Wildman–Crippen LogP) is 3.83. The summed E-state index contributed by atoms with van der Waals surface area (Å²) in [6.45, 7) is 4.40. The van der Waals surface area contributed by atoms with Gasteiger partial charge in [-0.25, -0.2) is 9.98 Å². The van der Waals surface area contributed by atoms with E-state index >= 15 is 0 Å². The van der Waals surface area contributed by atoms with Crippen molar-refractivity contribution in [3.8, 4) is 5.88 Å². The molecular formula is C19H31IN4OS. The van der Waals surface area contributed by atoms with Gasteiger partial charge in [-0.15, -0.1) is 24.0 Å². The molecule has 2 N–H and O–H groups in total. The van der Waals surface area contributed by atoms with Crippen molar-refractivity contribution in [3.05, 3.63) is 23.9 Å². The second-order valence-electron chi connectivity index (χ2n) is 6.96. The maximum atomic E-state index is 5.76. The first-order valence-electron chi connectivity index (χ1n) is 9.42. The van der Waals surface area contributed by atoms with Crippen molar-refractivity contribution < 1.29 is 4.74 Å². The fraction of sp³-hybridized carbons (Fsp3) is 0.684. The van der Waals surface area contributed by atoms with Gasteiger partial charge in [0.15, 0.2) is 5.96 Å². The van der Waals surface area contributed by atoms with Gasteiger partial charge < -0.3 is 15.4 Å². The maximum absolute atomic E-state index is 5.76. The third-order valence-electron chi connectivity index (χ3n) is 4.79. The van der Waals surface area contributed by atoms with E-state index in [1.807, 2.05) is 30.1 Å². The van der Waals surface area contributed by atoms with Crippen LogP contribution in [0.1, 0.15) is 44.6 Å². The molecule has 0 bridgehead atoms. The molecular weight excluding hydrogens is 459 g/mol. The minimum Gasteiger partial charge on any atom is -0.477 e. The molecule has 0 aromatic carbocycles. The average molecular weight is 490 g/mol. The van der Waals surface area contributed by atoms with Gasteiger partial charge in [-0.3, -0.25) is 0 Å². The Labute approximate surface area is 178 Å². The summed E-state index contributed by atoms with van der Waals surface area (Å²) in [7, 11) is 0. The maximum Gasteiger partial charge on any atom is 0.213 e. The highest BCUT2D eigenvalue weighted by molar-refractivity contribution is 14.0. The van der Waals surface area contributed by atoms with E-state index in [1.165, 1.54) is 32.1 Å². The summed E-state index contributed by atoms with van der Waals surface area (Å²) < 4.78 is 5.76. The van der Waals surface area contributed by atoms with Crippen molar-refractivity contribution in [2.45, 2.75) is 56.9 Å². The predicted molar refractivity (Wildman–Crippen MR) is 121 cm³/mol. The van der Waals surface area contributed by atoms with Gasteiger partial charge in [-0.2, -0.15) is 11.8 Å². The number of pyridine rings is 1. The number of hydrogen-bond acceptors (Lipinski definition) is 4. The van der Waals surface area contributed by atoms with Crippen molar-refractivity contribution >= 4 is 41.7 Å². The zero-order valence-corrected chi connectivity index (χ0v) is 18.9. The molecule has 0 radical (unpaired) electrons. The highest BCUT2D eigenvalue weighted by Crippen LogP contribution is 2.29. The van der Waals surface area contributed by atoms with Crippen LogP contribution in [-0.2, 0) is 6.54 Å². The molecule has 2 fully saturated rings. The third kappa shape index (κ3) is 7.13. The molecule has 1 heterocycles. The number of nitrogens with one attached hydrogen (secondary N) is 2. The van der Waals surface area contributed by atoms with E-state index in [4.69, 9.17) is 9.73 Å². The van der Waals surface area contributed by atoms with Crippen LogP contribution in [0.15, 0.2) is 23.3 Å². The molecule has 5 nitrogen and oxygen atoms in total. The molecule has 0 amide bonds. The quantitative estimate of drug-likeness (QED) is 0.330. The monoisotopic (exact) mass is 490 g/mol. The molecule has 0 saturated heterocycles. The van der Waals surface area contributed by atoms with Crippen LogP contribution in [0.5, 0.6) is 5.88 Å². The van der Waals surface area contributed by atoms with Crippen LogP contribution in [0.2, 0.25) is 0 Å². The summed E-state index contributed by atoms with van der Waals surface area (Å²) in [5.41, 5.74) is 1.13. The molecule has 1 aromatic heterocycles. The number of aliphatic imine (C=N–C) groups is 1. The van der Waals surface area contributed by atoms with Gasteiger partial charge in [0.05, 0.1) is 13.2 Å². The standard InChI is InChI=1S/C19H30N4OS.HI/c1-3-20-19(23-16-6-7-17(11-16)25-2)22-12-15-8-9-21-18(10-15)24-13-14-4-5-14;/h8-10,14,16-17H,3-7,11-13H2,1-2H3,(H2,20,22,23);1H. The molecule has 2 aliphatic rings. The van der Waals surface area contributed by atoms with Gasteiger partial charge >= 0.3 is 0 Å². The van der Waals surface area contributed by atoms with Crippen LogP contribution in [0.4, 0.5) is 0 Å². The molecule has 3 rings (SSSR count). The van der Waals surface area contributed by atoms with E-state index in [0.717, 1.165) is 41.7 Å². The van der Waals surface area contributed by atoms with E-state index in [2.05, 4.69) is 28.8 Å². The number of nitrogens with zero attached hydrogens (tertiary/aromatic N) is 2. The fourth-order valence-electron chi connectivity index (χ4n) is 3.08. The first kappa shape index (κ1) is 21.6. The Morgan fingerprint density at radius 1 is 1.35 bits per heavy atom. The minimum absolute atomic E-state index is 0. The van der Waals surface area contributed by atoms with Gasteiger partial charge in [-0.1, -0.05) is 0 Å². The van der Waals surface area contributed by atoms with Crippen molar-refractivity contribution in [1.82, 2.24) is 15.6 Å². The average Bonchev–Trinajstić information content (AvgIpc) is 3.36. The molecule has 1 aromatic rings. The summed E-state index contributed by atoms with van der Waals surface area (Å²) in [6, 6.07) is 4.55. The molecule has 0 spiro atoms. The summed E-state index contributed by atoms with van der Waals surface area (Å²) in [4.78, 5) is 9.05. The Bertz CT molecular complexity index is 582. The zero-order valence-electron chi connectivity index (χ0n) is 15.7. The lowest BCUT2D eigenvalue weighted by molar-refractivity contribution is 0.288. The highest BCUT2D eigenvalue weighted by atomic mass is 127. The topological polar surface area (TPSA) is 58.5 Å². The van der Waals surface area contributed by atoms with E-state index in [1.54, 1.807) is 0 Å². The van der Waals surface area contributed by atoms with Crippen molar-refractivity contribution in [2.75, 3.05) is 19.4 Å². The van der Waals surface area contributed by atoms with Crippen molar-refractivity contribution in [1.29, 1.82) is 0 Å². The molecule has 7 heteroatoms. The van der Waals surface area contributed by atoms with E-state index in [0.29, 0.717) is 12.6 Å². The lowest BCUT2D eigenvalue weighted by Crippen LogP contribution is -2.42. The summed E-state index contributed by atoms with van der Waals surface area (Å²) in [5.74, 6) is 2.37. The van der Waals surface area contributed by atoms with E-state index in [-0.39, 0.29) is 24.0 Å². The number of guanidine groups is 1. The SMILES string of the molecule is CCNC(=NCc1ccnc(OCC2CC2)c1)NC1CCC(SC)C1.I. The van der Waals surface area contributed by atoms with Gasteiger partial charge in [-0.05, 0) is 62.8 Å². The number of rotatable bonds is 8. The first-order chi connectivity index (χ1) is 12.3. The second kappa shape index (κ2) is 11.2. The summed E-state index contributed by atoms with van der Waals surface area (Å²) >= 11 is 1.98. The normalized spacial score (nSPS) is 22.6. The number of ether oxygens (including phenoxy) is 1. The number of thioether (sulfide) groups is 1. The Kier molecular flexibility index (Phi) is 9.31. The number of hydrogen-bond donors (Lipinski definition) is 2. The molecule has 0 aliphatic heterocycles. The first-order valence-corrected chi connectivity index (χ1v) is 10.7. The van der Waals surface area contributed by atoms with Crippen LogP contribution >= 0.6 is 35.7 Å². The number of halogens is 1. The molecule has 2 aliphatic carbocycles. The molecule has 2 unspecified atom stereocenters. The van der Waals surface area contributed by atoms with Crippen molar-refractivity contribution in [2.24, 2.45) is 10.9 Å². The fourth-order valence-corrected chi connectivity index (χ4v) is 3.88. The Hall–Kier alpha value is -0.700. The van der Waals surface area contributed by atoms with Gasteiger partial charge in [0, 0.05) is 30.1 Å². The van der Waals surface area contributed by atoms with Gasteiger partial charge in [0.2, 0.25) is 5.88 Å². The minimum atomic E-state index is 0. The summed E-state index contributed by atoms with van der Waals surface area (Å²) in [6.07, 6.45) is 10.3. The van der Waals surface area contributed by atoms with Crippen LogP contribution in [-0.4, -0.2) is 41.6 Å². The summed E-state index contributed by atoms with van der Waals surface area (Å²) in [5, 5.41) is 7.74. The molecule has 146 valence electrons. The Balaban J connectivity index is 0.00000243. The second-order valence-corrected chi connectivity index (χ2v) is 8.10. The Morgan fingerprint density at radius 3 is 2.88 bits per heavy atom. The van der Waals surface area contributed by atoms with Gasteiger partial charge in [0.25, 0.3) is 0 Å². The third-order valence-corrected chi connectivity index (χ3v) is 5.88. The lowest BCUT2D eigenvalue weighted by Gasteiger charge is -2.17. The van der Waals surface area contributed by atoms with Crippen LogP contribution in [0.3, 0.4) is 0 Å². The zero-order chi connectivity index (χ0) is 17.5. The molecule has 26 heavy (non-hydrogen) atoms.